The molecule has 0 spiro atoms. The van der Waals surface area contributed by atoms with E-state index >= 15 is 0 Å². The highest BCUT2D eigenvalue weighted by molar-refractivity contribution is 7.13. The topological polar surface area (TPSA) is 62.8 Å². The van der Waals surface area contributed by atoms with Crippen LogP contribution >= 0.6 is 11.3 Å². The van der Waals surface area contributed by atoms with Crippen molar-refractivity contribution in [1.82, 2.24) is 9.55 Å². The number of hydrogen-bond acceptors (Lipinski definition) is 5. The normalized spacial score (nSPS) is 11.7. The van der Waals surface area contributed by atoms with E-state index < -0.39 is 0 Å². The van der Waals surface area contributed by atoms with Gasteiger partial charge in [-0.2, -0.15) is 0 Å². The summed E-state index contributed by atoms with van der Waals surface area (Å²) in [4.78, 5) is 4.01. The third kappa shape index (κ3) is 2.71. The second kappa shape index (κ2) is 6.23. The monoisotopic (exact) mass is 318 g/mol. The van der Waals surface area contributed by atoms with E-state index in [4.69, 9.17) is 0 Å². The molecule has 0 amide bonds. The summed E-state index contributed by atoms with van der Waals surface area (Å²) in [7, 11) is 0. The highest BCUT2D eigenvalue weighted by Gasteiger charge is 2.17. The van der Waals surface area contributed by atoms with Gasteiger partial charge in [-0.3, -0.25) is 0 Å². The van der Waals surface area contributed by atoms with Crippen molar-refractivity contribution in [2.75, 3.05) is 0 Å². The lowest BCUT2D eigenvalue weighted by atomic mass is 10.2. The predicted octanol–water partition coefficient (Wildman–Crippen LogP) is 5.16. The van der Waals surface area contributed by atoms with Crippen molar-refractivity contribution < 1.29 is 9.50 Å². The first-order chi connectivity index (χ1) is 10.7. The van der Waals surface area contributed by atoms with Crippen LogP contribution in [0.4, 0.5) is 15.2 Å². The van der Waals surface area contributed by atoms with Crippen molar-refractivity contribution in [3.05, 3.63) is 35.6 Å². The van der Waals surface area contributed by atoms with Crippen molar-refractivity contribution >= 4 is 33.1 Å². The molecule has 0 saturated carbocycles. The maximum absolute atomic E-state index is 13.5. The number of aryl methyl sites for hydroxylation is 1. The molecule has 5 nitrogen and oxygen atoms in total. The van der Waals surface area contributed by atoms with E-state index in [0.717, 1.165) is 18.4 Å². The number of nitrogens with zero attached hydrogens (tertiary/aromatic N) is 4. The SMILES string of the molecule is CCCCn1c(O)c(N=Nc2nccs2)c2cc(F)ccc21. The van der Waals surface area contributed by atoms with Gasteiger partial charge in [0.25, 0.3) is 0 Å². The smallest absolute Gasteiger partial charge is 0.229 e. The number of thiazole rings is 1. The number of benzene rings is 1. The van der Waals surface area contributed by atoms with Gasteiger partial charge in [-0.15, -0.1) is 21.6 Å². The molecule has 0 bridgehead atoms. The van der Waals surface area contributed by atoms with Gasteiger partial charge in [-0.1, -0.05) is 13.3 Å². The summed E-state index contributed by atoms with van der Waals surface area (Å²) in [5, 5.41) is 21.3. The molecule has 0 saturated heterocycles. The first-order valence-corrected chi connectivity index (χ1v) is 7.90. The minimum atomic E-state index is -0.370. The van der Waals surface area contributed by atoms with E-state index in [2.05, 4.69) is 22.1 Å². The molecule has 3 rings (SSSR count). The summed E-state index contributed by atoms with van der Waals surface area (Å²) >= 11 is 1.34. The number of rotatable bonds is 5. The zero-order valence-electron chi connectivity index (χ0n) is 12.0. The van der Waals surface area contributed by atoms with Crippen molar-refractivity contribution in [3.63, 3.8) is 0 Å². The third-order valence-electron chi connectivity index (χ3n) is 3.36. The molecule has 2 heterocycles. The Balaban J connectivity index is 2.11. The molecule has 0 atom stereocenters. The van der Waals surface area contributed by atoms with E-state index in [-0.39, 0.29) is 17.4 Å². The lowest BCUT2D eigenvalue weighted by molar-refractivity contribution is 0.418. The van der Waals surface area contributed by atoms with Crippen LogP contribution in [0.15, 0.2) is 40.0 Å². The summed E-state index contributed by atoms with van der Waals surface area (Å²) in [5.41, 5.74) is 1.03. The molecule has 22 heavy (non-hydrogen) atoms. The Morgan fingerprint density at radius 2 is 2.23 bits per heavy atom. The summed E-state index contributed by atoms with van der Waals surface area (Å²) in [6.07, 6.45) is 3.54. The van der Waals surface area contributed by atoms with Crippen molar-refractivity contribution in [2.45, 2.75) is 26.3 Å². The molecule has 0 fully saturated rings. The first kappa shape index (κ1) is 14.6. The second-order valence-corrected chi connectivity index (χ2v) is 5.73. The standard InChI is InChI=1S/C15H15FN4OS/c1-2-3-7-20-12-5-4-10(16)9-11(12)13(14(20)21)18-19-15-17-6-8-22-15/h4-6,8-9,21H,2-3,7H2,1H3. The number of aromatic hydroxyl groups is 1. The summed E-state index contributed by atoms with van der Waals surface area (Å²) in [6.45, 7) is 2.72. The van der Waals surface area contributed by atoms with Crippen LogP contribution in [-0.4, -0.2) is 14.7 Å². The number of hydrogen-bond donors (Lipinski definition) is 1. The third-order valence-corrected chi connectivity index (χ3v) is 4.02. The maximum Gasteiger partial charge on any atom is 0.229 e. The number of halogens is 1. The van der Waals surface area contributed by atoms with Crippen molar-refractivity contribution in [3.8, 4) is 5.88 Å². The Kier molecular flexibility index (Phi) is 4.15. The number of azo groups is 1. The fourth-order valence-electron chi connectivity index (χ4n) is 2.29. The van der Waals surface area contributed by atoms with Crippen LogP contribution in [0.25, 0.3) is 10.9 Å². The summed E-state index contributed by atoms with van der Waals surface area (Å²) < 4.78 is 15.3. The van der Waals surface area contributed by atoms with Crippen LogP contribution in [0.2, 0.25) is 0 Å². The Bertz CT molecular complexity index is 811. The molecule has 0 aliphatic heterocycles. The molecule has 0 radical (unpaired) electrons. The summed E-state index contributed by atoms with van der Waals surface area (Å²) in [5.74, 6) is -0.361. The molecule has 0 unspecified atom stereocenters. The van der Waals surface area contributed by atoms with Gasteiger partial charge in [0.15, 0.2) is 5.69 Å². The number of aromatic nitrogens is 2. The molecule has 2 aromatic heterocycles. The zero-order valence-corrected chi connectivity index (χ0v) is 12.8. The minimum Gasteiger partial charge on any atom is -0.493 e. The van der Waals surface area contributed by atoms with Gasteiger partial charge < -0.3 is 9.67 Å². The Hall–Kier alpha value is -2.28. The Morgan fingerprint density at radius 3 is 2.95 bits per heavy atom. The van der Waals surface area contributed by atoms with Crippen LogP contribution in [0.5, 0.6) is 5.88 Å². The van der Waals surface area contributed by atoms with Crippen LogP contribution in [-0.2, 0) is 6.54 Å². The highest BCUT2D eigenvalue weighted by Crippen LogP contribution is 2.40. The highest BCUT2D eigenvalue weighted by atomic mass is 32.1. The molecule has 0 aliphatic rings. The zero-order chi connectivity index (χ0) is 15.5. The Morgan fingerprint density at radius 1 is 1.36 bits per heavy atom. The minimum absolute atomic E-state index is 0.00866. The maximum atomic E-state index is 13.5. The van der Waals surface area contributed by atoms with Gasteiger partial charge in [0, 0.05) is 23.5 Å². The average Bonchev–Trinajstić information content (AvgIpc) is 3.10. The van der Waals surface area contributed by atoms with E-state index in [0.29, 0.717) is 17.1 Å². The number of fused-ring (bicyclic) bond motifs is 1. The van der Waals surface area contributed by atoms with Crippen LogP contribution in [0, 0.1) is 5.82 Å². The van der Waals surface area contributed by atoms with E-state index in [1.807, 2.05) is 0 Å². The average molecular weight is 318 g/mol. The molecule has 114 valence electrons. The molecule has 0 aliphatic carbocycles. The van der Waals surface area contributed by atoms with E-state index in [9.17, 15) is 9.50 Å². The summed E-state index contributed by atoms with van der Waals surface area (Å²) in [6, 6.07) is 4.40. The van der Waals surface area contributed by atoms with Gasteiger partial charge in [0.2, 0.25) is 11.0 Å². The second-order valence-electron chi connectivity index (χ2n) is 4.85. The van der Waals surface area contributed by atoms with E-state index in [1.165, 1.54) is 23.5 Å². The van der Waals surface area contributed by atoms with Gasteiger partial charge in [0.05, 0.1) is 5.52 Å². The van der Waals surface area contributed by atoms with E-state index in [1.54, 1.807) is 22.2 Å². The number of unbranched alkanes of at least 4 members (excludes halogenated alkanes) is 1. The largest absolute Gasteiger partial charge is 0.493 e. The van der Waals surface area contributed by atoms with Crippen LogP contribution < -0.4 is 0 Å². The molecular weight excluding hydrogens is 303 g/mol. The Labute approximate surface area is 130 Å². The van der Waals surface area contributed by atoms with Crippen LogP contribution in [0.1, 0.15) is 19.8 Å². The molecular formula is C15H15FN4OS. The first-order valence-electron chi connectivity index (χ1n) is 7.02. The van der Waals surface area contributed by atoms with Crippen LogP contribution in [0.3, 0.4) is 0 Å². The fraction of sp³-hybridized carbons (Fsp3) is 0.267. The van der Waals surface area contributed by atoms with Crippen molar-refractivity contribution in [1.29, 1.82) is 0 Å². The van der Waals surface area contributed by atoms with Gasteiger partial charge in [-0.05, 0) is 24.6 Å². The lowest BCUT2D eigenvalue weighted by Gasteiger charge is -2.05. The molecule has 3 aromatic rings. The molecule has 7 heteroatoms. The van der Waals surface area contributed by atoms with Gasteiger partial charge in [-0.25, -0.2) is 9.37 Å². The quantitative estimate of drug-likeness (QED) is 0.661. The molecule has 1 aromatic carbocycles. The predicted molar refractivity (Wildman–Crippen MR) is 84.8 cm³/mol. The van der Waals surface area contributed by atoms with Crippen molar-refractivity contribution in [2.24, 2.45) is 10.2 Å². The van der Waals surface area contributed by atoms with Gasteiger partial charge >= 0.3 is 0 Å². The molecule has 1 N–H and O–H groups in total. The van der Waals surface area contributed by atoms with Gasteiger partial charge in [0.1, 0.15) is 5.82 Å². The fourth-order valence-corrected chi connectivity index (χ4v) is 2.75. The lowest BCUT2D eigenvalue weighted by Crippen LogP contribution is -1.96.